The smallest absolute Gasteiger partial charge is 0.240 e. The molecule has 0 radical (unpaired) electrons. The van der Waals surface area contributed by atoms with Gasteiger partial charge >= 0.3 is 0 Å². The molecule has 1 aromatic rings. The maximum absolute atomic E-state index is 9.70. The summed E-state index contributed by atoms with van der Waals surface area (Å²) in [6.45, 7) is 0. The third-order valence-electron chi connectivity index (χ3n) is 0.971. The van der Waals surface area contributed by atoms with Gasteiger partial charge in [0.05, 0.1) is 5.69 Å². The molecule has 1 rings (SSSR count). The van der Waals surface area contributed by atoms with Gasteiger partial charge in [0.25, 0.3) is 0 Å². The first-order valence-corrected chi connectivity index (χ1v) is 2.61. The maximum atomic E-state index is 9.70. The lowest BCUT2D eigenvalue weighted by atomic mass is 10.4. The molecular weight excluding hydrogens is 132 g/mol. The highest BCUT2D eigenvalue weighted by Gasteiger charge is 1.93. The van der Waals surface area contributed by atoms with E-state index in [1.54, 1.807) is 0 Å². The number of nitrogens with zero attached hydrogens (tertiary/aromatic N) is 2. The highest BCUT2D eigenvalue weighted by atomic mass is 16.5. The fourth-order valence-corrected chi connectivity index (χ4v) is 0.538. The first-order chi connectivity index (χ1) is 4.83. The molecule has 4 heteroatoms. The molecule has 0 aliphatic heterocycles. The number of aromatic nitrogens is 1. The van der Waals surface area contributed by atoms with Crippen LogP contribution in [0.2, 0.25) is 0 Å². The van der Waals surface area contributed by atoms with Crippen LogP contribution < -0.4 is 4.73 Å². The van der Waals surface area contributed by atoms with Gasteiger partial charge in [-0.15, -0.1) is 0 Å². The minimum absolute atomic E-state index is 0.473. The largest absolute Gasteiger partial charge is 0.285 e. The Morgan fingerprint density at radius 3 is 2.60 bits per heavy atom. The van der Waals surface area contributed by atoms with E-state index in [0.29, 0.717) is 5.69 Å². The van der Waals surface area contributed by atoms with Gasteiger partial charge in [-0.05, 0) is 0 Å². The van der Waals surface area contributed by atoms with E-state index in [1.165, 1.54) is 30.6 Å². The molecule has 0 unspecified atom stereocenters. The highest BCUT2D eigenvalue weighted by molar-refractivity contribution is 5.46. The summed E-state index contributed by atoms with van der Waals surface area (Å²) in [4.78, 5) is 13.0. The summed E-state index contributed by atoms with van der Waals surface area (Å²) in [5.41, 5.74) is 0.473. The topological polar surface area (TPSA) is 53.5 Å². The van der Waals surface area contributed by atoms with E-state index < -0.39 is 0 Å². The van der Waals surface area contributed by atoms with E-state index in [4.69, 9.17) is 5.21 Å². The molecule has 0 amide bonds. The summed E-state index contributed by atoms with van der Waals surface area (Å²) in [5, 5.41) is 8.70. The minimum Gasteiger partial charge on any atom is -0.285 e. The first kappa shape index (κ1) is 6.45. The minimum atomic E-state index is 0.473. The van der Waals surface area contributed by atoms with Crippen molar-refractivity contribution in [2.45, 2.75) is 0 Å². The summed E-state index contributed by atoms with van der Waals surface area (Å²) in [6.07, 6.45) is 4.13. The van der Waals surface area contributed by atoms with Crippen LogP contribution in [0, 0.1) is 0 Å². The molecule has 0 spiro atoms. The van der Waals surface area contributed by atoms with E-state index in [2.05, 4.69) is 4.99 Å². The zero-order valence-electron chi connectivity index (χ0n) is 5.06. The van der Waals surface area contributed by atoms with Crippen LogP contribution in [0.15, 0.2) is 29.5 Å². The molecule has 0 aliphatic carbocycles. The normalized spacial score (nSPS) is 8.40. The number of hydrogen-bond acceptors (Lipinski definition) is 3. The van der Waals surface area contributed by atoms with E-state index in [1.807, 2.05) is 0 Å². The van der Waals surface area contributed by atoms with Gasteiger partial charge in [-0.1, -0.05) is 0 Å². The monoisotopic (exact) mass is 137 g/mol. The Balaban J connectivity index is 3.00. The Kier molecular flexibility index (Phi) is 1.78. The lowest BCUT2D eigenvalue weighted by molar-refractivity contribution is -0.904. The van der Waals surface area contributed by atoms with E-state index in [9.17, 15) is 4.79 Å². The van der Waals surface area contributed by atoms with Crippen molar-refractivity contribution in [3.63, 3.8) is 0 Å². The van der Waals surface area contributed by atoms with Crippen molar-refractivity contribution in [2.24, 2.45) is 4.99 Å². The second kappa shape index (κ2) is 2.75. The predicted octanol–water partition coefficient (Wildman–Crippen LogP) is 0.179. The second-order valence-corrected chi connectivity index (χ2v) is 1.64. The highest BCUT2D eigenvalue weighted by Crippen LogP contribution is 2.04. The van der Waals surface area contributed by atoms with Crippen molar-refractivity contribution in [1.29, 1.82) is 0 Å². The summed E-state index contributed by atoms with van der Waals surface area (Å²) >= 11 is 0. The summed E-state index contributed by atoms with van der Waals surface area (Å²) in [6, 6.07) is 2.98. The number of carbonyl (C=O) groups excluding carboxylic acids is 1. The van der Waals surface area contributed by atoms with Gasteiger partial charge in [-0.2, -0.15) is 4.99 Å². The van der Waals surface area contributed by atoms with Crippen LogP contribution in [0.5, 0.6) is 0 Å². The van der Waals surface area contributed by atoms with Crippen LogP contribution in [-0.4, -0.2) is 11.3 Å². The summed E-state index contributed by atoms with van der Waals surface area (Å²) in [5.74, 6) is 0. The third kappa shape index (κ3) is 1.40. The Bertz CT molecular complexity index is 262. The van der Waals surface area contributed by atoms with Gasteiger partial charge in [-0.25, -0.2) is 4.79 Å². The average molecular weight is 137 g/mol. The van der Waals surface area contributed by atoms with Crippen molar-refractivity contribution >= 4 is 11.8 Å². The molecule has 0 aliphatic rings. The van der Waals surface area contributed by atoms with Crippen molar-refractivity contribution in [3.05, 3.63) is 24.5 Å². The van der Waals surface area contributed by atoms with Crippen LogP contribution in [-0.2, 0) is 4.79 Å². The van der Waals surface area contributed by atoms with Gasteiger partial charge in [0.1, 0.15) is 0 Å². The molecule has 1 N–H and O–H groups in total. The zero-order chi connectivity index (χ0) is 7.40. The maximum Gasteiger partial charge on any atom is 0.240 e. The Morgan fingerprint density at radius 2 is 2.10 bits per heavy atom. The van der Waals surface area contributed by atoms with Crippen molar-refractivity contribution in [3.8, 4) is 0 Å². The SMILES string of the molecule is O=C=Nc1cc[n+](O)cc1. The van der Waals surface area contributed by atoms with Gasteiger partial charge in [-0.3, -0.25) is 5.21 Å². The quantitative estimate of drug-likeness (QED) is 0.260. The van der Waals surface area contributed by atoms with Crippen molar-refractivity contribution in [2.75, 3.05) is 0 Å². The average Bonchev–Trinajstić information content (AvgIpc) is 1.95. The molecule has 0 fully saturated rings. The van der Waals surface area contributed by atoms with Crippen LogP contribution in [0.25, 0.3) is 0 Å². The standard InChI is InChI=1S/C6H5N2O2/c9-5-7-6-1-3-8(10)4-2-6/h1-4,10H/q+1. The third-order valence-corrected chi connectivity index (χ3v) is 0.971. The molecule has 0 aromatic carbocycles. The van der Waals surface area contributed by atoms with Crippen LogP contribution >= 0.6 is 0 Å². The molecule has 50 valence electrons. The molecule has 0 atom stereocenters. The molecular formula is C6H5N2O2+. The number of rotatable bonds is 1. The summed E-state index contributed by atoms with van der Waals surface area (Å²) < 4.78 is 0.865. The number of hydrogen-bond donors (Lipinski definition) is 1. The van der Waals surface area contributed by atoms with Gasteiger partial charge in [0.2, 0.25) is 18.5 Å². The molecule has 0 saturated heterocycles. The van der Waals surface area contributed by atoms with Crippen molar-refractivity contribution < 1.29 is 14.7 Å². The van der Waals surface area contributed by atoms with Crippen LogP contribution in [0.3, 0.4) is 0 Å². The molecule has 10 heavy (non-hydrogen) atoms. The first-order valence-electron chi connectivity index (χ1n) is 2.61. The van der Waals surface area contributed by atoms with Gasteiger partial charge < -0.3 is 0 Å². The Hall–Kier alpha value is -1.67. The number of isocyanates is 1. The molecule has 4 nitrogen and oxygen atoms in total. The van der Waals surface area contributed by atoms with E-state index in [0.717, 1.165) is 4.73 Å². The van der Waals surface area contributed by atoms with Gasteiger partial charge in [0.15, 0.2) is 0 Å². The van der Waals surface area contributed by atoms with Crippen LogP contribution in [0.1, 0.15) is 0 Å². The number of aliphatic imine (C=N–C) groups is 1. The molecule has 0 saturated carbocycles. The molecule has 0 bridgehead atoms. The Labute approximate surface area is 57.0 Å². The predicted molar refractivity (Wildman–Crippen MR) is 31.6 cm³/mol. The molecule has 1 heterocycles. The molecule has 1 aromatic heterocycles. The number of pyridine rings is 1. The second-order valence-electron chi connectivity index (χ2n) is 1.64. The van der Waals surface area contributed by atoms with Crippen LogP contribution in [0.4, 0.5) is 5.69 Å². The lowest BCUT2D eigenvalue weighted by Crippen LogP contribution is -2.27. The van der Waals surface area contributed by atoms with E-state index in [-0.39, 0.29) is 0 Å². The lowest BCUT2D eigenvalue weighted by Gasteiger charge is -1.82. The van der Waals surface area contributed by atoms with Crippen molar-refractivity contribution in [1.82, 2.24) is 0 Å². The fraction of sp³-hybridized carbons (Fsp3) is 0. The Morgan fingerprint density at radius 1 is 1.50 bits per heavy atom. The summed E-state index contributed by atoms with van der Waals surface area (Å²) in [7, 11) is 0. The fourth-order valence-electron chi connectivity index (χ4n) is 0.538. The van der Waals surface area contributed by atoms with Gasteiger partial charge in [0, 0.05) is 16.9 Å². The van der Waals surface area contributed by atoms with E-state index >= 15 is 0 Å². The zero-order valence-corrected chi connectivity index (χ0v) is 5.06.